The van der Waals surface area contributed by atoms with E-state index in [9.17, 15) is 0 Å². The van der Waals surface area contributed by atoms with Crippen molar-refractivity contribution in [2.45, 2.75) is 33.1 Å². The van der Waals surface area contributed by atoms with Gasteiger partial charge < -0.3 is 4.42 Å². The molecule has 0 radical (unpaired) electrons. The maximum absolute atomic E-state index is 6.63. The summed E-state index contributed by atoms with van der Waals surface area (Å²) in [5.74, 6) is 0.837. The smallest absolute Gasteiger partial charge is 0.156 e. The average molecular weight is 584 g/mol. The van der Waals surface area contributed by atoms with Crippen molar-refractivity contribution in [2.24, 2.45) is 0 Å². The lowest BCUT2D eigenvalue weighted by molar-refractivity contribution is 0.590. The summed E-state index contributed by atoms with van der Waals surface area (Å²) < 4.78 is 8.98. The number of aromatic nitrogens is 3. The molecule has 0 amide bonds. The van der Waals surface area contributed by atoms with E-state index >= 15 is 0 Å². The maximum Gasteiger partial charge on any atom is 0.156 e. The normalized spacial score (nSPS) is 12.0. The number of rotatable bonds is 4. The molecule has 8 aromatic rings. The fourth-order valence-corrected chi connectivity index (χ4v) is 6.45. The Labute approximate surface area is 262 Å². The molecule has 45 heavy (non-hydrogen) atoms. The van der Waals surface area contributed by atoms with Gasteiger partial charge in [-0.15, -0.1) is 0 Å². The molecule has 4 nitrogen and oxygen atoms in total. The van der Waals surface area contributed by atoms with Gasteiger partial charge in [-0.1, -0.05) is 106 Å². The first-order valence-electron chi connectivity index (χ1n) is 15.4. The monoisotopic (exact) mass is 583 g/mol. The van der Waals surface area contributed by atoms with Gasteiger partial charge in [-0.2, -0.15) is 0 Å². The van der Waals surface area contributed by atoms with Crippen molar-refractivity contribution in [2.75, 3.05) is 0 Å². The first-order chi connectivity index (χ1) is 21.9. The lowest BCUT2D eigenvalue weighted by atomic mass is 9.82. The van der Waals surface area contributed by atoms with Gasteiger partial charge in [0.2, 0.25) is 0 Å². The number of pyridine rings is 1. The number of fused-ring (bicyclic) bond motifs is 4. The zero-order valence-electron chi connectivity index (χ0n) is 25.9. The van der Waals surface area contributed by atoms with Gasteiger partial charge in [0.15, 0.2) is 5.58 Å². The fraction of sp³-hybridized carbons (Fsp3) is 0.122. The van der Waals surface area contributed by atoms with E-state index in [0.29, 0.717) is 0 Å². The van der Waals surface area contributed by atoms with Crippen molar-refractivity contribution in [1.29, 1.82) is 0 Å². The van der Waals surface area contributed by atoms with E-state index in [1.807, 2.05) is 19.2 Å². The largest absolute Gasteiger partial charge is 0.453 e. The summed E-state index contributed by atoms with van der Waals surface area (Å²) in [4.78, 5) is 9.84. The number of nitrogens with zero attached hydrogens (tertiary/aromatic N) is 3. The van der Waals surface area contributed by atoms with Gasteiger partial charge in [0, 0.05) is 28.1 Å². The van der Waals surface area contributed by atoms with Gasteiger partial charge in [0.05, 0.1) is 28.0 Å². The molecule has 3 aromatic heterocycles. The third-order valence-corrected chi connectivity index (χ3v) is 8.76. The summed E-state index contributed by atoms with van der Waals surface area (Å²) in [6, 6.07) is 42.9. The highest BCUT2D eigenvalue weighted by Crippen LogP contribution is 2.44. The summed E-state index contributed by atoms with van der Waals surface area (Å²) in [5, 5.41) is 2.12. The number of hydrogen-bond acceptors (Lipinski definition) is 3. The second-order valence-corrected chi connectivity index (χ2v) is 12.7. The highest BCUT2D eigenvalue weighted by atomic mass is 16.3. The lowest BCUT2D eigenvalue weighted by Crippen LogP contribution is -2.13. The third-order valence-electron chi connectivity index (χ3n) is 8.76. The zero-order chi connectivity index (χ0) is 30.7. The van der Waals surface area contributed by atoms with Crippen LogP contribution in [0, 0.1) is 6.92 Å². The molecule has 0 aliphatic carbocycles. The van der Waals surface area contributed by atoms with Crippen LogP contribution in [0.1, 0.15) is 32.0 Å². The average Bonchev–Trinajstić information content (AvgIpc) is 3.64. The van der Waals surface area contributed by atoms with Crippen molar-refractivity contribution in [3.63, 3.8) is 0 Å². The van der Waals surface area contributed by atoms with E-state index < -0.39 is 0 Å². The summed E-state index contributed by atoms with van der Waals surface area (Å²) in [6.07, 6.45) is 1.85. The number of benzene rings is 5. The van der Waals surface area contributed by atoms with Crippen LogP contribution in [0.4, 0.5) is 0 Å². The third kappa shape index (κ3) is 4.44. The van der Waals surface area contributed by atoms with E-state index in [-0.39, 0.29) is 5.41 Å². The molecule has 0 saturated heterocycles. The first kappa shape index (κ1) is 27.1. The molecule has 0 bridgehead atoms. The Hall–Kier alpha value is -5.48. The Balaban J connectivity index is 1.55. The van der Waals surface area contributed by atoms with E-state index in [4.69, 9.17) is 9.40 Å². The minimum absolute atomic E-state index is 0.0583. The summed E-state index contributed by atoms with van der Waals surface area (Å²) in [5.41, 5.74) is 12.3. The van der Waals surface area contributed by atoms with Crippen LogP contribution in [0.2, 0.25) is 0 Å². The second kappa shape index (κ2) is 10.3. The van der Waals surface area contributed by atoms with Gasteiger partial charge in [0.25, 0.3) is 0 Å². The molecule has 4 heteroatoms. The van der Waals surface area contributed by atoms with Crippen LogP contribution in [-0.4, -0.2) is 14.5 Å². The highest BCUT2D eigenvalue weighted by molar-refractivity contribution is 6.10. The van der Waals surface area contributed by atoms with Gasteiger partial charge >= 0.3 is 0 Å². The quantitative estimate of drug-likeness (QED) is 0.207. The molecule has 218 valence electrons. The SMILES string of the molecule is Cc1nccc2c1oc1c(-c3nc4ccccc4n3-c3c(-c4ccccc4)cc(C(C)(C)C)cc3-c3ccccc3)cccc12. The van der Waals surface area contributed by atoms with Gasteiger partial charge in [-0.05, 0) is 65.4 Å². The van der Waals surface area contributed by atoms with Crippen molar-refractivity contribution < 1.29 is 4.42 Å². The van der Waals surface area contributed by atoms with E-state index in [0.717, 1.165) is 78.0 Å². The second-order valence-electron chi connectivity index (χ2n) is 12.7. The van der Waals surface area contributed by atoms with E-state index in [1.165, 1.54) is 5.56 Å². The van der Waals surface area contributed by atoms with Gasteiger partial charge in [-0.25, -0.2) is 4.98 Å². The van der Waals surface area contributed by atoms with Crippen LogP contribution < -0.4 is 0 Å². The van der Waals surface area contributed by atoms with Crippen LogP contribution in [0.15, 0.2) is 132 Å². The molecule has 3 heterocycles. The first-order valence-corrected chi connectivity index (χ1v) is 15.4. The molecule has 0 spiro atoms. The number of aryl methyl sites for hydroxylation is 1. The molecular weight excluding hydrogens is 550 g/mol. The molecule has 0 atom stereocenters. The molecule has 0 N–H and O–H groups in total. The Bertz CT molecular complexity index is 2300. The topological polar surface area (TPSA) is 43.9 Å². The molecule has 8 rings (SSSR count). The van der Waals surface area contributed by atoms with E-state index in [2.05, 4.69) is 146 Å². The zero-order valence-corrected chi connectivity index (χ0v) is 25.9. The van der Waals surface area contributed by atoms with Crippen molar-refractivity contribution in [3.05, 3.63) is 139 Å². The summed E-state index contributed by atoms with van der Waals surface area (Å²) in [6.45, 7) is 8.84. The lowest BCUT2D eigenvalue weighted by Gasteiger charge is -2.26. The predicted octanol–water partition coefficient (Wildman–Crippen LogP) is 10.9. The minimum Gasteiger partial charge on any atom is -0.453 e. The van der Waals surface area contributed by atoms with Crippen LogP contribution >= 0.6 is 0 Å². The van der Waals surface area contributed by atoms with Crippen molar-refractivity contribution in [1.82, 2.24) is 14.5 Å². The molecule has 0 fully saturated rings. The molecular formula is C41H33N3O. The Morgan fingerprint density at radius 3 is 1.91 bits per heavy atom. The predicted molar refractivity (Wildman–Crippen MR) is 186 cm³/mol. The van der Waals surface area contributed by atoms with Crippen LogP contribution in [0.5, 0.6) is 0 Å². The van der Waals surface area contributed by atoms with Crippen LogP contribution in [0.3, 0.4) is 0 Å². The van der Waals surface area contributed by atoms with Gasteiger partial charge in [0.1, 0.15) is 11.4 Å². The summed E-state index contributed by atoms with van der Waals surface area (Å²) >= 11 is 0. The number of imidazole rings is 1. The van der Waals surface area contributed by atoms with Crippen LogP contribution in [-0.2, 0) is 5.41 Å². The Morgan fingerprint density at radius 1 is 0.622 bits per heavy atom. The fourth-order valence-electron chi connectivity index (χ4n) is 6.45. The maximum atomic E-state index is 6.63. The molecule has 0 unspecified atom stereocenters. The highest BCUT2D eigenvalue weighted by Gasteiger charge is 2.26. The Morgan fingerprint density at radius 2 is 1.24 bits per heavy atom. The van der Waals surface area contributed by atoms with Crippen molar-refractivity contribution in [3.8, 4) is 39.3 Å². The number of hydrogen-bond donors (Lipinski definition) is 0. The van der Waals surface area contributed by atoms with Gasteiger partial charge in [-0.3, -0.25) is 9.55 Å². The van der Waals surface area contributed by atoms with Crippen molar-refractivity contribution >= 4 is 33.0 Å². The molecule has 5 aromatic carbocycles. The summed E-state index contributed by atoms with van der Waals surface area (Å²) in [7, 11) is 0. The number of para-hydroxylation sites is 3. The standard InChI is InChI=1S/C41H33N3O/c1-26-38-31(22-23-42-26)30-18-13-19-32(39(30)45-38)40-43-35-20-11-12-21-36(35)44(40)37-33(27-14-7-5-8-15-27)24-29(41(2,3)4)25-34(37)28-16-9-6-10-17-28/h5-25H,1-4H3. The molecule has 0 aliphatic rings. The van der Waals surface area contributed by atoms with E-state index in [1.54, 1.807) is 0 Å². The minimum atomic E-state index is -0.0583. The van der Waals surface area contributed by atoms with Crippen LogP contribution in [0.25, 0.3) is 72.3 Å². The Kier molecular flexibility index (Phi) is 6.21. The molecule has 0 saturated carbocycles. The molecule has 0 aliphatic heterocycles. The number of furan rings is 1.